The smallest absolute Gasteiger partial charge is 0.0135 e. The van der Waals surface area contributed by atoms with Crippen molar-refractivity contribution in [2.24, 2.45) is 17.8 Å². The fourth-order valence-corrected chi connectivity index (χ4v) is 2.04. The number of hydrogen-bond donors (Lipinski definition) is 0. The zero-order chi connectivity index (χ0) is 5.72. The summed E-state index contributed by atoms with van der Waals surface area (Å²) in [6.45, 7) is 6.33. The Bertz CT molecular complexity index is 121. The first-order valence-corrected chi connectivity index (χ1v) is 3.47. The van der Waals surface area contributed by atoms with Gasteiger partial charge in [0.25, 0.3) is 0 Å². The van der Waals surface area contributed by atoms with Gasteiger partial charge in [-0.2, -0.15) is 0 Å². The first kappa shape index (κ1) is 4.60. The van der Waals surface area contributed by atoms with Crippen molar-refractivity contribution in [3.05, 3.63) is 12.2 Å². The fourth-order valence-electron chi connectivity index (χ4n) is 2.04. The van der Waals surface area contributed by atoms with Crippen LogP contribution in [-0.4, -0.2) is 0 Å². The Labute approximate surface area is 50.6 Å². The standard InChI is InChI=1S/C8H12/c1-5-3-7-6(2)8(7)4-5/h5,7-8H,2-4H2,1H3/t5?,7-,8+. The molecule has 2 aliphatic rings. The zero-order valence-corrected chi connectivity index (χ0v) is 5.35. The van der Waals surface area contributed by atoms with Crippen molar-refractivity contribution in [3.8, 4) is 0 Å². The van der Waals surface area contributed by atoms with Gasteiger partial charge in [0.05, 0.1) is 0 Å². The van der Waals surface area contributed by atoms with Crippen LogP contribution in [0.4, 0.5) is 0 Å². The van der Waals surface area contributed by atoms with Crippen LogP contribution in [0, 0.1) is 17.8 Å². The molecular formula is C8H12. The highest BCUT2D eigenvalue weighted by Crippen LogP contribution is 2.57. The summed E-state index contributed by atoms with van der Waals surface area (Å²) < 4.78 is 0. The Morgan fingerprint density at radius 2 is 1.88 bits per heavy atom. The molecule has 2 rings (SSSR count). The van der Waals surface area contributed by atoms with Crippen molar-refractivity contribution in [1.82, 2.24) is 0 Å². The van der Waals surface area contributed by atoms with E-state index >= 15 is 0 Å². The molecule has 2 saturated carbocycles. The highest BCUT2D eigenvalue weighted by Gasteiger charge is 2.48. The van der Waals surface area contributed by atoms with E-state index in [-0.39, 0.29) is 0 Å². The van der Waals surface area contributed by atoms with Crippen molar-refractivity contribution in [3.63, 3.8) is 0 Å². The maximum atomic E-state index is 3.99. The lowest BCUT2D eigenvalue weighted by atomic mass is 10.1. The number of allylic oxidation sites excluding steroid dienone is 1. The molecule has 0 nitrogen and oxygen atoms in total. The van der Waals surface area contributed by atoms with Gasteiger partial charge in [-0.25, -0.2) is 0 Å². The second-order valence-corrected chi connectivity index (χ2v) is 3.36. The summed E-state index contributed by atoms with van der Waals surface area (Å²) in [4.78, 5) is 0. The monoisotopic (exact) mass is 108 g/mol. The summed E-state index contributed by atoms with van der Waals surface area (Å²) in [5, 5.41) is 0. The molecule has 3 atom stereocenters. The summed E-state index contributed by atoms with van der Waals surface area (Å²) in [5.41, 5.74) is 1.54. The lowest BCUT2D eigenvalue weighted by Gasteiger charge is -2.00. The molecule has 0 aromatic heterocycles. The number of rotatable bonds is 0. The van der Waals surface area contributed by atoms with Crippen LogP contribution in [0.5, 0.6) is 0 Å². The van der Waals surface area contributed by atoms with Gasteiger partial charge >= 0.3 is 0 Å². The average molecular weight is 108 g/mol. The van der Waals surface area contributed by atoms with Crippen LogP contribution in [-0.2, 0) is 0 Å². The van der Waals surface area contributed by atoms with E-state index in [1.807, 2.05) is 0 Å². The van der Waals surface area contributed by atoms with E-state index in [2.05, 4.69) is 13.5 Å². The van der Waals surface area contributed by atoms with Crippen molar-refractivity contribution < 1.29 is 0 Å². The van der Waals surface area contributed by atoms with Crippen molar-refractivity contribution >= 4 is 0 Å². The first-order valence-electron chi connectivity index (χ1n) is 3.47. The lowest BCUT2D eigenvalue weighted by Crippen LogP contribution is -1.87. The molecule has 0 heteroatoms. The molecule has 0 spiro atoms. The van der Waals surface area contributed by atoms with Gasteiger partial charge in [0.1, 0.15) is 0 Å². The molecule has 0 aliphatic heterocycles. The molecule has 2 aliphatic carbocycles. The lowest BCUT2D eigenvalue weighted by molar-refractivity contribution is 0.563. The summed E-state index contributed by atoms with van der Waals surface area (Å²) in [6.07, 6.45) is 2.87. The zero-order valence-electron chi connectivity index (χ0n) is 5.35. The Balaban J connectivity index is 2.09. The largest absolute Gasteiger partial charge is 0.0993 e. The Kier molecular flexibility index (Phi) is 0.677. The summed E-state index contributed by atoms with van der Waals surface area (Å²) in [7, 11) is 0. The quantitative estimate of drug-likeness (QED) is 0.417. The highest BCUT2D eigenvalue weighted by atomic mass is 14.5. The van der Waals surface area contributed by atoms with Gasteiger partial charge in [0.15, 0.2) is 0 Å². The van der Waals surface area contributed by atoms with E-state index in [4.69, 9.17) is 0 Å². The molecule has 2 fully saturated rings. The van der Waals surface area contributed by atoms with Gasteiger partial charge in [-0.3, -0.25) is 0 Å². The minimum Gasteiger partial charge on any atom is -0.0993 e. The van der Waals surface area contributed by atoms with Gasteiger partial charge in [-0.05, 0) is 30.6 Å². The van der Waals surface area contributed by atoms with E-state index in [9.17, 15) is 0 Å². The third kappa shape index (κ3) is 0.410. The van der Waals surface area contributed by atoms with E-state index < -0.39 is 0 Å². The van der Waals surface area contributed by atoms with E-state index in [0.29, 0.717) is 0 Å². The predicted molar refractivity (Wildman–Crippen MR) is 34.5 cm³/mol. The van der Waals surface area contributed by atoms with Crippen LogP contribution < -0.4 is 0 Å². The molecule has 0 amide bonds. The van der Waals surface area contributed by atoms with E-state index in [1.54, 1.807) is 5.57 Å². The van der Waals surface area contributed by atoms with Crippen LogP contribution in [0.2, 0.25) is 0 Å². The minimum atomic E-state index is 0.963. The van der Waals surface area contributed by atoms with Crippen LogP contribution in [0.15, 0.2) is 12.2 Å². The Morgan fingerprint density at radius 3 is 2.25 bits per heavy atom. The molecule has 0 saturated heterocycles. The van der Waals surface area contributed by atoms with Crippen molar-refractivity contribution in [2.75, 3.05) is 0 Å². The molecule has 0 aromatic rings. The number of fused-ring (bicyclic) bond motifs is 1. The van der Waals surface area contributed by atoms with Gasteiger partial charge in [0, 0.05) is 0 Å². The van der Waals surface area contributed by atoms with E-state index in [0.717, 1.165) is 17.8 Å². The maximum Gasteiger partial charge on any atom is -0.0135 e. The van der Waals surface area contributed by atoms with Gasteiger partial charge in [-0.1, -0.05) is 19.1 Å². The van der Waals surface area contributed by atoms with Gasteiger partial charge in [-0.15, -0.1) is 0 Å². The molecule has 0 bridgehead atoms. The SMILES string of the molecule is C=C1[C@H]2CC(C)C[C@@H]12. The van der Waals surface area contributed by atoms with Crippen molar-refractivity contribution in [1.29, 1.82) is 0 Å². The summed E-state index contributed by atoms with van der Waals surface area (Å²) in [5.74, 6) is 2.92. The van der Waals surface area contributed by atoms with Crippen molar-refractivity contribution in [2.45, 2.75) is 19.8 Å². The molecule has 44 valence electrons. The second-order valence-electron chi connectivity index (χ2n) is 3.36. The molecule has 0 heterocycles. The average Bonchev–Trinajstić information content (AvgIpc) is 2.29. The maximum absolute atomic E-state index is 3.99. The van der Waals surface area contributed by atoms with Crippen LogP contribution in [0.3, 0.4) is 0 Å². The topological polar surface area (TPSA) is 0 Å². The third-order valence-electron chi connectivity index (χ3n) is 2.64. The normalized spacial score (nSPS) is 51.6. The van der Waals surface area contributed by atoms with Crippen LogP contribution in [0.1, 0.15) is 19.8 Å². The molecule has 1 unspecified atom stereocenters. The Morgan fingerprint density at radius 1 is 1.38 bits per heavy atom. The van der Waals surface area contributed by atoms with Crippen LogP contribution in [0.25, 0.3) is 0 Å². The molecule has 8 heavy (non-hydrogen) atoms. The molecule has 0 aromatic carbocycles. The van der Waals surface area contributed by atoms with Gasteiger partial charge < -0.3 is 0 Å². The molecule has 0 N–H and O–H groups in total. The highest BCUT2D eigenvalue weighted by molar-refractivity contribution is 5.29. The fraction of sp³-hybridized carbons (Fsp3) is 0.750. The summed E-state index contributed by atoms with van der Waals surface area (Å²) in [6, 6.07) is 0. The Hall–Kier alpha value is -0.260. The first-order chi connectivity index (χ1) is 3.79. The molecular weight excluding hydrogens is 96.1 g/mol. The van der Waals surface area contributed by atoms with Gasteiger partial charge in [0.2, 0.25) is 0 Å². The second kappa shape index (κ2) is 1.18. The number of hydrogen-bond acceptors (Lipinski definition) is 0. The predicted octanol–water partition coefficient (Wildman–Crippen LogP) is 2.22. The third-order valence-corrected chi connectivity index (χ3v) is 2.64. The van der Waals surface area contributed by atoms with Crippen LogP contribution >= 0.6 is 0 Å². The minimum absolute atomic E-state index is 0.963. The molecule has 0 radical (unpaired) electrons. The van der Waals surface area contributed by atoms with E-state index in [1.165, 1.54) is 12.8 Å². The summed E-state index contributed by atoms with van der Waals surface area (Å²) >= 11 is 0.